The lowest BCUT2D eigenvalue weighted by atomic mass is 10.2. The molecule has 0 radical (unpaired) electrons. The Balaban J connectivity index is 1.93. The summed E-state index contributed by atoms with van der Waals surface area (Å²) < 4.78 is 9.92. The summed E-state index contributed by atoms with van der Waals surface area (Å²) >= 11 is 0. The second-order valence-electron chi connectivity index (χ2n) is 4.38. The Morgan fingerprint density at radius 2 is 1.87 bits per heavy atom. The van der Waals surface area contributed by atoms with Crippen LogP contribution < -0.4 is 20.1 Å². The van der Waals surface area contributed by atoms with Gasteiger partial charge in [-0.25, -0.2) is 4.98 Å². The highest BCUT2D eigenvalue weighted by atomic mass is 16.5. The van der Waals surface area contributed by atoms with E-state index in [1.54, 1.807) is 30.3 Å². The maximum Gasteiger partial charge on any atom is 0.319 e. The fourth-order valence-electron chi connectivity index (χ4n) is 1.74. The van der Waals surface area contributed by atoms with E-state index in [0.29, 0.717) is 5.56 Å². The molecule has 1 aromatic heterocycles. The first kappa shape index (κ1) is 16.2. The van der Waals surface area contributed by atoms with Gasteiger partial charge in [0.05, 0.1) is 27.0 Å². The van der Waals surface area contributed by atoms with Crippen LogP contribution in [0.25, 0.3) is 0 Å². The van der Waals surface area contributed by atoms with E-state index in [0.717, 1.165) is 0 Å². The fourth-order valence-corrected chi connectivity index (χ4v) is 1.74. The Bertz CT molecular complexity index is 691. The van der Waals surface area contributed by atoms with Gasteiger partial charge in [-0.3, -0.25) is 9.59 Å². The van der Waals surface area contributed by atoms with Crippen LogP contribution in [0.1, 0.15) is 10.4 Å². The van der Waals surface area contributed by atoms with Gasteiger partial charge in [0.25, 0.3) is 5.91 Å². The Kier molecular flexibility index (Phi) is 5.45. The first-order valence-corrected chi connectivity index (χ1v) is 6.72. The van der Waals surface area contributed by atoms with Gasteiger partial charge in [-0.1, -0.05) is 18.2 Å². The predicted molar refractivity (Wildman–Crippen MR) is 82.5 cm³/mol. The lowest BCUT2D eigenvalue weighted by molar-refractivity contribution is -0.115. The van der Waals surface area contributed by atoms with Gasteiger partial charge >= 0.3 is 6.01 Å². The van der Waals surface area contributed by atoms with Crippen LogP contribution in [0.3, 0.4) is 0 Å². The van der Waals surface area contributed by atoms with E-state index in [1.165, 1.54) is 20.4 Å². The number of aromatic nitrogens is 2. The number of nitrogens with one attached hydrogen (secondary N) is 2. The summed E-state index contributed by atoms with van der Waals surface area (Å²) in [5, 5.41) is 5.08. The summed E-state index contributed by atoms with van der Waals surface area (Å²) in [4.78, 5) is 31.6. The van der Waals surface area contributed by atoms with Gasteiger partial charge < -0.3 is 20.1 Å². The zero-order chi connectivity index (χ0) is 16.7. The van der Waals surface area contributed by atoms with Crippen LogP contribution in [0.4, 0.5) is 5.69 Å². The van der Waals surface area contributed by atoms with Gasteiger partial charge in [0, 0.05) is 5.56 Å². The molecule has 1 aromatic carbocycles. The van der Waals surface area contributed by atoms with Crippen LogP contribution in [0.5, 0.6) is 11.9 Å². The minimum absolute atomic E-state index is 0.122. The first-order chi connectivity index (χ1) is 11.1. The molecule has 2 amide bonds. The summed E-state index contributed by atoms with van der Waals surface area (Å²) in [5.74, 6) is -0.598. The second kappa shape index (κ2) is 7.74. The molecular weight excluding hydrogens is 300 g/mol. The minimum atomic E-state index is -0.429. The number of carbonyl (C=O) groups is 2. The number of ether oxygens (including phenoxy) is 2. The molecule has 0 atom stereocenters. The summed E-state index contributed by atoms with van der Waals surface area (Å²) in [7, 11) is 2.83. The highest BCUT2D eigenvalue weighted by Crippen LogP contribution is 2.22. The Labute approximate surface area is 132 Å². The second-order valence-corrected chi connectivity index (χ2v) is 4.38. The summed E-state index contributed by atoms with van der Waals surface area (Å²) in [6, 6.07) is 8.74. The Morgan fingerprint density at radius 3 is 2.52 bits per heavy atom. The molecular formula is C15H16N4O4. The molecule has 0 unspecified atom stereocenters. The molecule has 0 aliphatic heterocycles. The topological polar surface area (TPSA) is 102 Å². The van der Waals surface area contributed by atoms with Crippen LogP contribution in [0, 0.1) is 0 Å². The molecule has 2 aromatic rings. The minimum Gasteiger partial charge on any atom is -0.479 e. The number of hydrogen-bond donors (Lipinski definition) is 2. The lowest BCUT2D eigenvalue weighted by Gasteiger charge is -2.10. The van der Waals surface area contributed by atoms with Crippen molar-refractivity contribution < 1.29 is 19.1 Å². The van der Waals surface area contributed by atoms with Crippen molar-refractivity contribution in [2.45, 2.75) is 0 Å². The number of nitrogens with zero attached hydrogens (tertiary/aromatic N) is 2. The third-order valence-electron chi connectivity index (χ3n) is 2.83. The lowest BCUT2D eigenvalue weighted by Crippen LogP contribution is -2.33. The molecule has 0 aliphatic rings. The molecule has 1 heterocycles. The summed E-state index contributed by atoms with van der Waals surface area (Å²) in [6.45, 7) is -0.192. The van der Waals surface area contributed by atoms with Crippen LogP contribution >= 0.6 is 0 Å². The molecule has 0 spiro atoms. The highest BCUT2D eigenvalue weighted by molar-refractivity contribution is 5.99. The number of rotatable bonds is 6. The molecule has 0 saturated carbocycles. The monoisotopic (exact) mass is 316 g/mol. The Hall–Kier alpha value is -3.16. The third kappa shape index (κ3) is 4.40. The van der Waals surface area contributed by atoms with Gasteiger partial charge in [-0.05, 0) is 12.1 Å². The molecule has 120 valence electrons. The van der Waals surface area contributed by atoms with Crippen LogP contribution in [-0.4, -0.2) is 42.5 Å². The van der Waals surface area contributed by atoms with Crippen molar-refractivity contribution in [3.8, 4) is 11.9 Å². The molecule has 8 nitrogen and oxygen atoms in total. The van der Waals surface area contributed by atoms with Crippen LogP contribution in [0.2, 0.25) is 0 Å². The van der Waals surface area contributed by atoms with E-state index in [-0.39, 0.29) is 30.0 Å². The van der Waals surface area contributed by atoms with E-state index >= 15 is 0 Å². The SMILES string of the molecule is COc1ncc(NC(=O)CNC(=O)c2ccccc2)c(OC)n1. The number of carbonyl (C=O) groups excluding carboxylic acids is 2. The molecule has 0 bridgehead atoms. The molecule has 23 heavy (non-hydrogen) atoms. The van der Waals surface area contributed by atoms with Crippen molar-refractivity contribution in [3.05, 3.63) is 42.1 Å². The van der Waals surface area contributed by atoms with Gasteiger partial charge in [0.15, 0.2) is 0 Å². The van der Waals surface area contributed by atoms with Gasteiger partial charge in [0.1, 0.15) is 5.69 Å². The van der Waals surface area contributed by atoms with Crippen LogP contribution in [-0.2, 0) is 4.79 Å². The average molecular weight is 316 g/mol. The number of hydrogen-bond acceptors (Lipinski definition) is 6. The van der Waals surface area contributed by atoms with Gasteiger partial charge in [0.2, 0.25) is 11.8 Å². The average Bonchev–Trinajstić information content (AvgIpc) is 2.60. The third-order valence-corrected chi connectivity index (χ3v) is 2.83. The van der Waals surface area contributed by atoms with Gasteiger partial charge in [-0.15, -0.1) is 0 Å². The van der Waals surface area contributed by atoms with Crippen molar-refractivity contribution in [1.29, 1.82) is 0 Å². The molecule has 8 heteroatoms. The highest BCUT2D eigenvalue weighted by Gasteiger charge is 2.12. The fraction of sp³-hybridized carbons (Fsp3) is 0.200. The summed E-state index contributed by atoms with van der Waals surface area (Å²) in [5.41, 5.74) is 0.762. The molecule has 0 saturated heterocycles. The van der Waals surface area contributed by atoms with Gasteiger partial charge in [-0.2, -0.15) is 4.98 Å². The zero-order valence-electron chi connectivity index (χ0n) is 12.7. The quantitative estimate of drug-likeness (QED) is 0.819. The van der Waals surface area contributed by atoms with E-state index in [9.17, 15) is 9.59 Å². The van der Waals surface area contributed by atoms with Crippen molar-refractivity contribution in [2.24, 2.45) is 0 Å². The van der Waals surface area contributed by atoms with Crippen molar-refractivity contribution in [2.75, 3.05) is 26.1 Å². The number of amides is 2. The molecule has 2 N–H and O–H groups in total. The Morgan fingerprint density at radius 1 is 1.13 bits per heavy atom. The first-order valence-electron chi connectivity index (χ1n) is 6.72. The molecule has 0 fully saturated rings. The smallest absolute Gasteiger partial charge is 0.319 e. The maximum absolute atomic E-state index is 11.9. The van der Waals surface area contributed by atoms with E-state index in [1.807, 2.05) is 0 Å². The summed E-state index contributed by atoms with van der Waals surface area (Å²) in [6.07, 6.45) is 1.36. The molecule has 2 rings (SSSR count). The number of anilines is 1. The predicted octanol–water partition coefficient (Wildman–Crippen LogP) is 0.862. The number of benzene rings is 1. The standard InChI is InChI=1S/C15H16N4O4/c1-22-14-11(8-17-15(19-14)23-2)18-12(20)9-16-13(21)10-6-4-3-5-7-10/h3-8H,9H2,1-2H3,(H,16,21)(H,18,20). The normalized spacial score (nSPS) is 9.83. The van der Waals surface area contributed by atoms with E-state index < -0.39 is 5.91 Å². The van der Waals surface area contributed by atoms with Crippen molar-refractivity contribution in [1.82, 2.24) is 15.3 Å². The van der Waals surface area contributed by atoms with E-state index in [4.69, 9.17) is 9.47 Å². The van der Waals surface area contributed by atoms with Crippen molar-refractivity contribution >= 4 is 17.5 Å². The number of methoxy groups -OCH3 is 2. The largest absolute Gasteiger partial charge is 0.479 e. The van der Waals surface area contributed by atoms with Crippen molar-refractivity contribution in [3.63, 3.8) is 0 Å². The van der Waals surface area contributed by atoms with E-state index in [2.05, 4.69) is 20.6 Å². The maximum atomic E-state index is 11.9. The zero-order valence-corrected chi connectivity index (χ0v) is 12.7. The van der Waals surface area contributed by atoms with Crippen LogP contribution in [0.15, 0.2) is 36.5 Å². The molecule has 0 aliphatic carbocycles.